The smallest absolute Gasteiger partial charge is 0.128 e. The minimum atomic E-state index is -0.301. The van der Waals surface area contributed by atoms with E-state index < -0.39 is 0 Å². The molecule has 3 heteroatoms. The topological polar surface area (TPSA) is 38.9 Å². The first-order valence-electron chi connectivity index (χ1n) is 4.32. The van der Waals surface area contributed by atoms with Crippen LogP contribution in [-0.2, 0) is 0 Å². The zero-order chi connectivity index (χ0) is 10.7. The highest BCUT2D eigenvalue weighted by Gasteiger charge is 2.10. The number of aromatic nitrogens is 1. The second kappa shape index (κ2) is 4.05. The van der Waals surface area contributed by atoms with Crippen LogP contribution in [-0.4, -0.2) is 4.98 Å². The third-order valence-corrected chi connectivity index (χ3v) is 1.96. The van der Waals surface area contributed by atoms with E-state index in [9.17, 15) is 4.39 Å². The van der Waals surface area contributed by atoms with Gasteiger partial charge in [-0.3, -0.25) is 0 Å². The largest absolute Gasteiger partial charge is 0.384 e. The highest BCUT2D eigenvalue weighted by atomic mass is 19.1. The summed E-state index contributed by atoms with van der Waals surface area (Å²) in [6.45, 7) is 6.97. The molecule has 1 rings (SSSR count). The van der Waals surface area contributed by atoms with Crippen LogP contribution in [0.25, 0.3) is 11.9 Å². The van der Waals surface area contributed by atoms with E-state index >= 15 is 0 Å². The van der Waals surface area contributed by atoms with E-state index in [2.05, 4.69) is 11.6 Å². The standard InChI is InChI=1S/C11H13FN2/c1-4-8-6-10(13)14-7(3)11(8)9(12)5-2/h4-6H,1H2,2-3H3,(H2,13,14)/b9-5+. The molecule has 0 amide bonds. The predicted molar refractivity (Wildman–Crippen MR) is 58.2 cm³/mol. The minimum absolute atomic E-state index is 0.301. The lowest BCUT2D eigenvalue weighted by molar-refractivity contribution is 0.755. The van der Waals surface area contributed by atoms with Crippen LogP contribution in [0.2, 0.25) is 0 Å². The van der Waals surface area contributed by atoms with Crippen LogP contribution in [0.4, 0.5) is 10.2 Å². The molecule has 0 aliphatic rings. The molecule has 0 aromatic carbocycles. The van der Waals surface area contributed by atoms with Gasteiger partial charge in [0.25, 0.3) is 0 Å². The number of pyridine rings is 1. The summed E-state index contributed by atoms with van der Waals surface area (Å²) < 4.78 is 13.4. The van der Waals surface area contributed by atoms with Crippen LogP contribution in [0, 0.1) is 6.92 Å². The summed E-state index contributed by atoms with van der Waals surface area (Å²) in [5.74, 6) is 0.0787. The Kier molecular flexibility index (Phi) is 3.02. The second-order valence-electron chi connectivity index (χ2n) is 2.94. The molecule has 0 saturated heterocycles. The molecular formula is C11H13FN2. The van der Waals surface area contributed by atoms with Crippen LogP contribution >= 0.6 is 0 Å². The van der Waals surface area contributed by atoms with Crippen molar-refractivity contribution in [2.24, 2.45) is 0 Å². The fraction of sp³-hybridized carbons (Fsp3) is 0.182. The zero-order valence-electron chi connectivity index (χ0n) is 8.34. The third kappa shape index (κ3) is 1.82. The average molecular weight is 192 g/mol. The van der Waals surface area contributed by atoms with Gasteiger partial charge in [-0.2, -0.15) is 0 Å². The van der Waals surface area contributed by atoms with E-state index in [4.69, 9.17) is 5.73 Å². The SMILES string of the molecule is C=Cc1cc(N)nc(C)c1/C(F)=C\C. The fourth-order valence-corrected chi connectivity index (χ4v) is 1.34. The van der Waals surface area contributed by atoms with Crippen molar-refractivity contribution in [3.63, 3.8) is 0 Å². The molecule has 2 nitrogen and oxygen atoms in total. The predicted octanol–water partition coefficient (Wildman–Crippen LogP) is 2.95. The van der Waals surface area contributed by atoms with E-state index in [-0.39, 0.29) is 5.83 Å². The highest BCUT2D eigenvalue weighted by Crippen LogP contribution is 2.25. The molecule has 0 spiro atoms. The van der Waals surface area contributed by atoms with Crippen molar-refractivity contribution < 1.29 is 4.39 Å². The van der Waals surface area contributed by atoms with E-state index in [1.807, 2.05) is 0 Å². The maximum absolute atomic E-state index is 13.4. The Balaban J connectivity index is 3.47. The quantitative estimate of drug-likeness (QED) is 0.782. The van der Waals surface area contributed by atoms with E-state index in [0.717, 1.165) is 0 Å². The van der Waals surface area contributed by atoms with Crippen LogP contribution in [0.15, 0.2) is 18.7 Å². The first kappa shape index (κ1) is 10.4. The van der Waals surface area contributed by atoms with Gasteiger partial charge in [-0.15, -0.1) is 0 Å². The van der Waals surface area contributed by atoms with E-state index in [0.29, 0.717) is 22.6 Å². The van der Waals surface area contributed by atoms with Gasteiger partial charge in [-0.1, -0.05) is 18.7 Å². The summed E-state index contributed by atoms with van der Waals surface area (Å²) >= 11 is 0. The van der Waals surface area contributed by atoms with Crippen molar-refractivity contribution in [1.29, 1.82) is 0 Å². The van der Waals surface area contributed by atoms with Crippen molar-refractivity contribution in [2.75, 3.05) is 5.73 Å². The maximum Gasteiger partial charge on any atom is 0.128 e. The maximum atomic E-state index is 13.4. The van der Waals surface area contributed by atoms with Crippen molar-refractivity contribution in [3.8, 4) is 0 Å². The number of nitrogen functional groups attached to an aromatic ring is 1. The first-order valence-corrected chi connectivity index (χ1v) is 4.32. The summed E-state index contributed by atoms with van der Waals surface area (Å²) in [7, 11) is 0. The Labute approximate surface area is 83.0 Å². The van der Waals surface area contributed by atoms with E-state index in [1.165, 1.54) is 6.08 Å². The van der Waals surface area contributed by atoms with Gasteiger partial charge in [0, 0.05) is 5.56 Å². The van der Waals surface area contributed by atoms with Gasteiger partial charge in [0.1, 0.15) is 11.6 Å². The van der Waals surface area contributed by atoms with Gasteiger partial charge >= 0.3 is 0 Å². The van der Waals surface area contributed by atoms with Crippen molar-refractivity contribution in [1.82, 2.24) is 4.98 Å². The summed E-state index contributed by atoms with van der Waals surface area (Å²) in [5.41, 5.74) is 7.26. The normalized spacial score (nSPS) is 11.5. The molecular weight excluding hydrogens is 179 g/mol. The highest BCUT2D eigenvalue weighted by molar-refractivity contribution is 5.72. The number of allylic oxidation sites excluding steroid dienone is 1. The molecule has 0 aliphatic heterocycles. The molecule has 2 N–H and O–H groups in total. The van der Waals surface area contributed by atoms with Gasteiger partial charge in [0.05, 0.1) is 5.69 Å². The number of halogens is 1. The number of aryl methyl sites for hydroxylation is 1. The summed E-state index contributed by atoms with van der Waals surface area (Å²) in [6, 6.07) is 1.61. The first-order chi connectivity index (χ1) is 6.60. The zero-order valence-corrected chi connectivity index (χ0v) is 8.34. The Bertz CT molecular complexity index is 395. The Hall–Kier alpha value is -1.64. The van der Waals surface area contributed by atoms with Crippen LogP contribution in [0.5, 0.6) is 0 Å². The molecule has 0 aliphatic carbocycles. The molecule has 0 radical (unpaired) electrons. The molecule has 1 heterocycles. The lowest BCUT2D eigenvalue weighted by atomic mass is 10.1. The van der Waals surface area contributed by atoms with Gasteiger partial charge in [-0.25, -0.2) is 9.37 Å². The van der Waals surface area contributed by atoms with E-state index in [1.54, 1.807) is 26.0 Å². The molecule has 74 valence electrons. The molecule has 0 bridgehead atoms. The fourth-order valence-electron chi connectivity index (χ4n) is 1.34. The molecule has 0 fully saturated rings. The Morgan fingerprint density at radius 3 is 2.79 bits per heavy atom. The van der Waals surface area contributed by atoms with Gasteiger partial charge < -0.3 is 5.73 Å². The molecule has 0 saturated carbocycles. The molecule has 0 atom stereocenters. The van der Waals surface area contributed by atoms with Gasteiger partial charge in [0.15, 0.2) is 0 Å². The average Bonchev–Trinajstić information content (AvgIpc) is 2.15. The summed E-state index contributed by atoms with van der Waals surface area (Å²) in [4.78, 5) is 4.00. The summed E-state index contributed by atoms with van der Waals surface area (Å²) in [5, 5.41) is 0. The number of hydrogen-bond acceptors (Lipinski definition) is 2. The lowest BCUT2D eigenvalue weighted by Crippen LogP contribution is -1.98. The Morgan fingerprint density at radius 1 is 1.64 bits per heavy atom. The number of anilines is 1. The number of nitrogens with zero attached hydrogens (tertiary/aromatic N) is 1. The van der Waals surface area contributed by atoms with Crippen LogP contribution in [0.3, 0.4) is 0 Å². The van der Waals surface area contributed by atoms with Gasteiger partial charge in [-0.05, 0) is 25.5 Å². The second-order valence-corrected chi connectivity index (χ2v) is 2.94. The van der Waals surface area contributed by atoms with Gasteiger partial charge in [0.2, 0.25) is 0 Å². The number of hydrogen-bond donors (Lipinski definition) is 1. The summed E-state index contributed by atoms with van der Waals surface area (Å²) in [6.07, 6.45) is 2.97. The monoisotopic (exact) mass is 192 g/mol. The Morgan fingerprint density at radius 2 is 2.29 bits per heavy atom. The van der Waals surface area contributed by atoms with Crippen LogP contribution < -0.4 is 5.73 Å². The number of rotatable bonds is 2. The molecule has 1 aromatic heterocycles. The number of nitrogens with two attached hydrogens (primary N) is 1. The third-order valence-electron chi connectivity index (χ3n) is 1.96. The molecule has 14 heavy (non-hydrogen) atoms. The van der Waals surface area contributed by atoms with Crippen molar-refractivity contribution in [3.05, 3.63) is 35.5 Å². The molecule has 1 aromatic rings. The molecule has 0 unspecified atom stereocenters. The van der Waals surface area contributed by atoms with Crippen LogP contribution in [0.1, 0.15) is 23.7 Å². The minimum Gasteiger partial charge on any atom is -0.384 e. The van der Waals surface area contributed by atoms with Crippen molar-refractivity contribution in [2.45, 2.75) is 13.8 Å². The van der Waals surface area contributed by atoms with Crippen molar-refractivity contribution >= 4 is 17.7 Å². The lowest BCUT2D eigenvalue weighted by Gasteiger charge is -2.08.